The Balaban J connectivity index is 2.42. The molecule has 146 valence electrons. The number of rotatable bonds is 9. The number of hydrogen-bond donors (Lipinski definition) is 3. The summed E-state index contributed by atoms with van der Waals surface area (Å²) in [5.74, 6) is -0.407. The summed E-state index contributed by atoms with van der Waals surface area (Å²) >= 11 is 0. The van der Waals surface area contributed by atoms with Crippen molar-refractivity contribution in [2.45, 2.75) is 39.3 Å². The van der Waals surface area contributed by atoms with Gasteiger partial charge >= 0.3 is 0 Å². The molecule has 2 aromatic heterocycles. The Morgan fingerprint density at radius 2 is 2.07 bits per heavy atom. The van der Waals surface area contributed by atoms with E-state index in [0.29, 0.717) is 17.4 Å². The van der Waals surface area contributed by atoms with Gasteiger partial charge in [-0.2, -0.15) is 5.12 Å². The quantitative estimate of drug-likeness (QED) is 0.575. The van der Waals surface area contributed by atoms with Crippen molar-refractivity contribution in [3.63, 3.8) is 0 Å². The molecule has 1 amide bonds. The van der Waals surface area contributed by atoms with E-state index >= 15 is 4.48 Å². The number of aromatic nitrogens is 2. The third-order valence-electron chi connectivity index (χ3n) is 3.93. The molecule has 9 heteroatoms. The molecule has 0 saturated heterocycles. The summed E-state index contributed by atoms with van der Waals surface area (Å²) in [7, 11) is 0. The van der Waals surface area contributed by atoms with Crippen molar-refractivity contribution >= 4 is 23.0 Å². The van der Waals surface area contributed by atoms with E-state index in [2.05, 4.69) is 15.3 Å². The van der Waals surface area contributed by atoms with E-state index in [1.807, 2.05) is 20.8 Å². The molecule has 0 saturated carbocycles. The molecule has 0 fully saturated rings. The van der Waals surface area contributed by atoms with Gasteiger partial charge in [-0.15, -0.1) is 0 Å². The molecule has 2 atom stereocenters. The Bertz CT molecular complexity index is 786. The highest BCUT2D eigenvalue weighted by Gasteiger charge is 2.19. The minimum Gasteiger partial charge on any atom is -0.478 e. The molecule has 0 aliphatic carbocycles. The number of amides is 1. The number of carbonyl (C=O) groups is 1. The number of nitrogens with one attached hydrogen (secondary N) is 1. The Labute approximate surface area is 157 Å². The lowest BCUT2D eigenvalue weighted by Crippen LogP contribution is -2.35. The van der Waals surface area contributed by atoms with Gasteiger partial charge in [0.25, 0.3) is 0 Å². The fourth-order valence-electron chi connectivity index (χ4n) is 2.17. The maximum Gasteiger partial charge on any atom is 0.250 e. The van der Waals surface area contributed by atoms with E-state index in [0.717, 1.165) is 6.42 Å². The van der Waals surface area contributed by atoms with E-state index < -0.39 is 5.91 Å². The fraction of sp³-hybridized carbons (Fsp3) is 0.389. The van der Waals surface area contributed by atoms with Crippen molar-refractivity contribution in [2.75, 3.05) is 17.0 Å². The summed E-state index contributed by atoms with van der Waals surface area (Å²) in [4.78, 5) is 19.4. The summed E-state index contributed by atoms with van der Waals surface area (Å²) in [6.45, 7) is 6.15. The van der Waals surface area contributed by atoms with Crippen LogP contribution in [0.15, 0.2) is 30.7 Å². The second-order valence-corrected chi connectivity index (χ2v) is 6.26. The number of ether oxygens (including phenoxy) is 1. The van der Waals surface area contributed by atoms with Gasteiger partial charge in [-0.25, -0.2) is 4.98 Å². The number of hydrogen-bond acceptors (Lipinski definition) is 7. The number of halogens is 1. The number of nitrogens with two attached hydrogens (primary N) is 2. The first-order valence-corrected chi connectivity index (χ1v) is 8.69. The molecule has 0 aliphatic heterocycles. The topological polar surface area (TPSA) is 119 Å². The van der Waals surface area contributed by atoms with Gasteiger partial charge in [0.05, 0.1) is 35.9 Å². The normalized spacial score (nSPS) is 12.9. The Morgan fingerprint density at radius 3 is 2.70 bits per heavy atom. The van der Waals surface area contributed by atoms with E-state index in [4.69, 9.17) is 16.2 Å². The molecule has 27 heavy (non-hydrogen) atoms. The molecule has 0 aliphatic rings. The van der Waals surface area contributed by atoms with Crippen LogP contribution in [0, 0.1) is 0 Å². The average Bonchev–Trinajstić information content (AvgIpc) is 2.66. The largest absolute Gasteiger partial charge is 0.478 e. The maximum absolute atomic E-state index is 15.2. The second kappa shape index (κ2) is 9.13. The Kier molecular flexibility index (Phi) is 6.89. The van der Waals surface area contributed by atoms with Crippen LogP contribution in [0.1, 0.15) is 37.6 Å². The van der Waals surface area contributed by atoms with Gasteiger partial charge in [0, 0.05) is 24.3 Å². The second-order valence-electron chi connectivity index (χ2n) is 6.26. The highest BCUT2D eigenvalue weighted by atomic mass is 19.2. The van der Waals surface area contributed by atoms with Crippen LogP contribution in [0.25, 0.3) is 0 Å². The number of primary amides is 1. The van der Waals surface area contributed by atoms with E-state index in [1.165, 1.54) is 30.7 Å². The van der Waals surface area contributed by atoms with Crippen LogP contribution in [0.3, 0.4) is 0 Å². The standard InChI is InChI=1S/C18H25FN6O2/c1-4-5-27-17-7-16(15(10-23-17)24-12(3)11(2)20)25(19)14-6-13(18(21)26)8-22-9-14/h6-12,24H,4-5,20H2,1-3H3,(H2,21,26)/t11-,12+/m0/s1. The minimum absolute atomic E-state index is 0.0513. The molecule has 0 aromatic carbocycles. The zero-order valence-electron chi connectivity index (χ0n) is 15.6. The third-order valence-corrected chi connectivity index (χ3v) is 3.93. The lowest BCUT2D eigenvalue weighted by molar-refractivity contribution is 0.1000. The van der Waals surface area contributed by atoms with Crippen molar-refractivity contribution in [3.05, 3.63) is 36.3 Å². The number of carbonyl (C=O) groups excluding carboxylic acids is 1. The first-order chi connectivity index (χ1) is 12.8. The first-order valence-electron chi connectivity index (χ1n) is 8.69. The van der Waals surface area contributed by atoms with Crippen molar-refractivity contribution in [1.82, 2.24) is 9.97 Å². The predicted molar refractivity (Wildman–Crippen MR) is 103 cm³/mol. The molecule has 2 rings (SSSR count). The summed E-state index contributed by atoms with van der Waals surface area (Å²) in [6.07, 6.45) is 4.84. The SMILES string of the molecule is CCCOc1cc(N(F)c2cncc(C(N)=O)c2)c(N[C@H](C)[C@H](C)N)cn1. The zero-order valence-corrected chi connectivity index (χ0v) is 15.6. The summed E-state index contributed by atoms with van der Waals surface area (Å²) in [6, 6.07) is 2.50. The van der Waals surface area contributed by atoms with E-state index in [-0.39, 0.29) is 34.9 Å². The van der Waals surface area contributed by atoms with Crippen LogP contribution < -0.4 is 26.6 Å². The van der Waals surface area contributed by atoms with Crippen LogP contribution in [-0.4, -0.2) is 34.6 Å². The van der Waals surface area contributed by atoms with Crippen molar-refractivity contribution < 1.29 is 14.0 Å². The molecule has 5 N–H and O–H groups in total. The van der Waals surface area contributed by atoms with Crippen LogP contribution >= 0.6 is 0 Å². The van der Waals surface area contributed by atoms with Gasteiger partial charge in [0.15, 0.2) is 0 Å². The number of pyridine rings is 2. The smallest absolute Gasteiger partial charge is 0.250 e. The molecular formula is C18H25FN6O2. The molecular weight excluding hydrogens is 351 g/mol. The van der Waals surface area contributed by atoms with Crippen LogP contribution in [0.5, 0.6) is 5.88 Å². The summed E-state index contributed by atoms with van der Waals surface area (Å²) in [5, 5.41) is 3.54. The molecule has 0 spiro atoms. The van der Waals surface area contributed by atoms with E-state index in [1.54, 1.807) is 0 Å². The third kappa shape index (κ3) is 5.27. The lowest BCUT2D eigenvalue weighted by atomic mass is 10.1. The first kappa shape index (κ1) is 20.4. The highest BCUT2D eigenvalue weighted by Crippen LogP contribution is 2.35. The van der Waals surface area contributed by atoms with Crippen molar-refractivity contribution in [3.8, 4) is 5.88 Å². The van der Waals surface area contributed by atoms with Crippen molar-refractivity contribution in [2.24, 2.45) is 11.5 Å². The van der Waals surface area contributed by atoms with Gasteiger partial charge in [0.1, 0.15) is 5.69 Å². The van der Waals surface area contributed by atoms with Crippen molar-refractivity contribution in [1.29, 1.82) is 0 Å². The Morgan fingerprint density at radius 1 is 1.33 bits per heavy atom. The minimum atomic E-state index is -0.691. The molecule has 0 unspecified atom stereocenters. The fourth-order valence-corrected chi connectivity index (χ4v) is 2.17. The maximum atomic E-state index is 15.2. The monoisotopic (exact) mass is 376 g/mol. The molecule has 8 nitrogen and oxygen atoms in total. The summed E-state index contributed by atoms with van der Waals surface area (Å²) < 4.78 is 20.7. The predicted octanol–water partition coefficient (Wildman–Crippen LogP) is 2.53. The van der Waals surface area contributed by atoms with Gasteiger partial charge < -0.3 is 21.5 Å². The summed E-state index contributed by atoms with van der Waals surface area (Å²) in [5.41, 5.74) is 11.9. The van der Waals surface area contributed by atoms with Crippen LogP contribution in [0.2, 0.25) is 0 Å². The van der Waals surface area contributed by atoms with Gasteiger partial charge in [-0.1, -0.05) is 11.4 Å². The van der Waals surface area contributed by atoms with E-state index in [9.17, 15) is 4.79 Å². The average molecular weight is 376 g/mol. The van der Waals surface area contributed by atoms with Crippen LogP contribution in [-0.2, 0) is 0 Å². The number of nitrogens with zero attached hydrogens (tertiary/aromatic N) is 3. The molecule has 0 radical (unpaired) electrons. The lowest BCUT2D eigenvalue weighted by Gasteiger charge is -2.23. The molecule has 0 bridgehead atoms. The van der Waals surface area contributed by atoms with Gasteiger partial charge in [0.2, 0.25) is 11.8 Å². The van der Waals surface area contributed by atoms with Crippen LogP contribution in [0.4, 0.5) is 21.5 Å². The zero-order chi connectivity index (χ0) is 20.0. The molecule has 2 heterocycles. The van der Waals surface area contributed by atoms with Gasteiger partial charge in [-0.05, 0) is 26.3 Å². The highest BCUT2D eigenvalue weighted by molar-refractivity contribution is 5.93. The Hall–Kier alpha value is -2.94. The molecule has 2 aromatic rings. The van der Waals surface area contributed by atoms with Gasteiger partial charge in [-0.3, -0.25) is 9.78 Å². The number of anilines is 3.